The number of nitrogens with zero attached hydrogens (tertiary/aromatic N) is 2. The average molecular weight is 352 g/mol. The molecule has 2 heterocycles. The maximum atomic E-state index is 13.4. The molecule has 0 bridgehead atoms. The molecule has 3 aromatic rings. The quantitative estimate of drug-likeness (QED) is 0.770. The third kappa shape index (κ3) is 2.38. The van der Waals surface area contributed by atoms with Gasteiger partial charge in [-0.25, -0.2) is 4.39 Å². The van der Waals surface area contributed by atoms with Crippen LogP contribution in [0.2, 0.25) is 0 Å². The standard InChI is InChI=1S/C21H21FN2O2/c1-12-10-17-19(14-4-6-15(22)7-5-14)16(11-18(25)26)13(2)20-21(17)24(12)9-8-23(20)3/h4-7,10H,8-9,11H2,1-3H3,(H,25,26). The summed E-state index contributed by atoms with van der Waals surface area (Å²) in [6, 6.07) is 8.45. The van der Waals surface area contributed by atoms with Crippen molar-refractivity contribution in [3.8, 4) is 11.1 Å². The summed E-state index contributed by atoms with van der Waals surface area (Å²) >= 11 is 0. The van der Waals surface area contributed by atoms with Gasteiger partial charge in [-0.05, 0) is 54.3 Å². The molecule has 1 aliphatic heterocycles. The first-order valence-corrected chi connectivity index (χ1v) is 8.72. The topological polar surface area (TPSA) is 45.5 Å². The van der Waals surface area contributed by atoms with Crippen LogP contribution in [0.4, 0.5) is 10.1 Å². The van der Waals surface area contributed by atoms with E-state index in [0.717, 1.165) is 57.6 Å². The molecule has 1 N–H and O–H groups in total. The second-order valence-corrected chi connectivity index (χ2v) is 7.03. The van der Waals surface area contributed by atoms with Crippen molar-refractivity contribution in [1.29, 1.82) is 0 Å². The Morgan fingerprint density at radius 2 is 1.88 bits per heavy atom. The second-order valence-electron chi connectivity index (χ2n) is 7.03. The number of carbonyl (C=O) groups is 1. The first-order chi connectivity index (χ1) is 12.4. The lowest BCUT2D eigenvalue weighted by atomic mass is 9.88. The highest BCUT2D eigenvalue weighted by Gasteiger charge is 2.27. The zero-order chi connectivity index (χ0) is 18.6. The maximum Gasteiger partial charge on any atom is 0.307 e. The summed E-state index contributed by atoms with van der Waals surface area (Å²) in [5, 5.41) is 10.5. The largest absolute Gasteiger partial charge is 0.481 e. The molecule has 0 amide bonds. The van der Waals surface area contributed by atoms with Gasteiger partial charge in [0.25, 0.3) is 0 Å². The van der Waals surface area contributed by atoms with Crippen molar-refractivity contribution in [3.63, 3.8) is 0 Å². The van der Waals surface area contributed by atoms with Crippen LogP contribution in [-0.4, -0.2) is 29.2 Å². The lowest BCUT2D eigenvalue weighted by Gasteiger charge is -2.31. The van der Waals surface area contributed by atoms with Crippen molar-refractivity contribution in [2.24, 2.45) is 0 Å². The monoisotopic (exact) mass is 352 g/mol. The van der Waals surface area contributed by atoms with Crippen LogP contribution in [-0.2, 0) is 17.8 Å². The lowest BCUT2D eigenvalue weighted by Crippen LogP contribution is -2.29. The van der Waals surface area contributed by atoms with Gasteiger partial charge in [-0.1, -0.05) is 12.1 Å². The number of carboxylic acid groups (broad SMARTS) is 1. The Morgan fingerprint density at radius 3 is 2.54 bits per heavy atom. The van der Waals surface area contributed by atoms with Crippen LogP contribution in [0.25, 0.3) is 22.0 Å². The first-order valence-electron chi connectivity index (χ1n) is 8.72. The van der Waals surface area contributed by atoms with E-state index >= 15 is 0 Å². The van der Waals surface area contributed by atoms with Gasteiger partial charge >= 0.3 is 5.97 Å². The number of halogens is 1. The summed E-state index contributed by atoms with van der Waals surface area (Å²) in [7, 11) is 2.05. The highest BCUT2D eigenvalue weighted by atomic mass is 19.1. The van der Waals surface area contributed by atoms with Crippen LogP contribution >= 0.6 is 0 Å². The number of rotatable bonds is 3. The molecule has 134 valence electrons. The van der Waals surface area contributed by atoms with Crippen LogP contribution in [0, 0.1) is 19.7 Å². The van der Waals surface area contributed by atoms with Crippen molar-refractivity contribution in [3.05, 3.63) is 53.0 Å². The average Bonchev–Trinajstić information content (AvgIpc) is 2.91. The highest BCUT2D eigenvalue weighted by molar-refractivity contribution is 6.07. The van der Waals surface area contributed by atoms with Crippen molar-refractivity contribution in [2.75, 3.05) is 18.5 Å². The predicted octanol–water partition coefficient (Wildman–Crippen LogP) is 4.14. The molecule has 0 saturated heterocycles. The number of aliphatic carboxylic acids is 1. The molecule has 2 aromatic carbocycles. The van der Waals surface area contributed by atoms with E-state index < -0.39 is 5.97 Å². The zero-order valence-corrected chi connectivity index (χ0v) is 15.1. The molecule has 1 aromatic heterocycles. The number of hydrogen-bond donors (Lipinski definition) is 1. The molecule has 0 radical (unpaired) electrons. The molecule has 0 saturated carbocycles. The molecule has 0 aliphatic carbocycles. The number of aromatic nitrogens is 1. The Hall–Kier alpha value is -2.82. The molecule has 0 unspecified atom stereocenters. The number of hydrogen-bond acceptors (Lipinski definition) is 2. The maximum absolute atomic E-state index is 13.4. The van der Waals surface area contributed by atoms with Crippen molar-refractivity contribution in [1.82, 2.24) is 4.57 Å². The minimum atomic E-state index is -0.863. The molecule has 1 aliphatic rings. The normalized spacial score (nSPS) is 13.5. The Morgan fingerprint density at radius 1 is 1.19 bits per heavy atom. The fourth-order valence-electron chi connectivity index (χ4n) is 4.23. The number of benzene rings is 2. The Labute approximate surface area is 151 Å². The summed E-state index contributed by atoms with van der Waals surface area (Å²) in [5.74, 6) is -1.16. The molecule has 4 rings (SSSR count). The molecular formula is C21H21FN2O2. The molecule has 0 fully saturated rings. The predicted molar refractivity (Wildman–Crippen MR) is 101 cm³/mol. The summed E-state index contributed by atoms with van der Waals surface area (Å²) in [4.78, 5) is 13.8. The molecule has 26 heavy (non-hydrogen) atoms. The lowest BCUT2D eigenvalue weighted by molar-refractivity contribution is -0.136. The molecular weight excluding hydrogens is 331 g/mol. The summed E-state index contributed by atoms with van der Waals surface area (Å²) in [5.41, 5.74) is 6.94. The molecule has 0 spiro atoms. The van der Waals surface area contributed by atoms with Gasteiger partial charge in [-0.15, -0.1) is 0 Å². The van der Waals surface area contributed by atoms with Crippen molar-refractivity contribution < 1.29 is 14.3 Å². The fourth-order valence-corrected chi connectivity index (χ4v) is 4.23. The number of anilines is 1. The van der Waals surface area contributed by atoms with Crippen LogP contribution in [0.1, 0.15) is 16.8 Å². The first kappa shape index (κ1) is 16.6. The Kier molecular flexibility index (Phi) is 3.75. The minimum absolute atomic E-state index is 0.0560. The van der Waals surface area contributed by atoms with E-state index in [1.165, 1.54) is 12.1 Å². The van der Waals surface area contributed by atoms with Gasteiger partial charge in [0.2, 0.25) is 0 Å². The number of aryl methyl sites for hydroxylation is 1. The number of carboxylic acids is 1. The van der Waals surface area contributed by atoms with Crippen molar-refractivity contribution >= 4 is 22.6 Å². The number of likely N-dealkylation sites (N-methyl/N-ethyl adjacent to an activating group) is 1. The van der Waals surface area contributed by atoms with Gasteiger partial charge in [0.15, 0.2) is 0 Å². The molecule has 4 nitrogen and oxygen atoms in total. The Bertz CT molecular complexity index is 1030. The zero-order valence-electron chi connectivity index (χ0n) is 15.1. The van der Waals surface area contributed by atoms with Gasteiger partial charge in [0.1, 0.15) is 5.82 Å². The minimum Gasteiger partial charge on any atom is -0.481 e. The van der Waals surface area contributed by atoms with Crippen molar-refractivity contribution in [2.45, 2.75) is 26.8 Å². The van der Waals surface area contributed by atoms with Gasteiger partial charge in [0.05, 0.1) is 17.6 Å². The van der Waals surface area contributed by atoms with Crippen LogP contribution in [0.3, 0.4) is 0 Å². The van der Waals surface area contributed by atoms with E-state index in [2.05, 4.69) is 29.5 Å². The fraction of sp³-hybridized carbons (Fsp3) is 0.286. The summed E-state index contributed by atoms with van der Waals surface area (Å²) in [6.07, 6.45) is -0.0560. The van der Waals surface area contributed by atoms with Crippen LogP contribution in [0.5, 0.6) is 0 Å². The van der Waals surface area contributed by atoms with Crippen LogP contribution in [0.15, 0.2) is 30.3 Å². The van der Waals surface area contributed by atoms with Gasteiger partial charge in [-0.2, -0.15) is 0 Å². The smallest absolute Gasteiger partial charge is 0.307 e. The third-order valence-electron chi connectivity index (χ3n) is 5.41. The molecule has 5 heteroatoms. The Balaban J connectivity index is 2.15. The third-order valence-corrected chi connectivity index (χ3v) is 5.41. The van der Waals surface area contributed by atoms with Gasteiger partial charge in [-0.3, -0.25) is 4.79 Å². The summed E-state index contributed by atoms with van der Waals surface area (Å²) in [6.45, 7) is 5.87. The van der Waals surface area contributed by atoms with E-state index in [1.807, 2.05) is 6.92 Å². The van der Waals surface area contributed by atoms with Gasteiger partial charge in [0, 0.05) is 31.2 Å². The summed E-state index contributed by atoms with van der Waals surface area (Å²) < 4.78 is 15.7. The van der Waals surface area contributed by atoms with E-state index in [4.69, 9.17) is 0 Å². The van der Waals surface area contributed by atoms with E-state index in [-0.39, 0.29) is 12.2 Å². The van der Waals surface area contributed by atoms with E-state index in [1.54, 1.807) is 12.1 Å². The molecule has 0 atom stereocenters. The second kappa shape index (κ2) is 5.87. The van der Waals surface area contributed by atoms with E-state index in [0.29, 0.717) is 0 Å². The van der Waals surface area contributed by atoms with E-state index in [9.17, 15) is 14.3 Å². The SMILES string of the molecule is Cc1c(CC(=O)O)c(-c2ccc(F)cc2)c2cc(C)n3c2c1N(C)CC3. The highest BCUT2D eigenvalue weighted by Crippen LogP contribution is 2.44. The van der Waals surface area contributed by atoms with Gasteiger partial charge < -0.3 is 14.6 Å². The van der Waals surface area contributed by atoms with Crippen LogP contribution < -0.4 is 4.90 Å².